The predicted octanol–water partition coefficient (Wildman–Crippen LogP) is 1.32. The van der Waals surface area contributed by atoms with E-state index in [9.17, 15) is 4.79 Å². The third-order valence-electron chi connectivity index (χ3n) is 2.40. The van der Waals surface area contributed by atoms with Gasteiger partial charge < -0.3 is 4.74 Å². The maximum Gasteiger partial charge on any atom is 0.227 e. The lowest BCUT2D eigenvalue weighted by molar-refractivity contribution is -0.116. The Kier molecular flexibility index (Phi) is 1.46. The molecule has 56 valence electrons. The van der Waals surface area contributed by atoms with E-state index in [1.807, 2.05) is 0 Å². The quantitative estimate of drug-likeness (QED) is 0.541. The van der Waals surface area contributed by atoms with Crippen LogP contribution < -0.4 is 0 Å². The average molecular weight is 161 g/mol. The highest BCUT2D eigenvalue weighted by Gasteiger charge is 2.43. The number of hydrogen-bond acceptors (Lipinski definition) is 2. The Labute approximate surface area is 64.5 Å². The van der Waals surface area contributed by atoms with Gasteiger partial charge in [-0.3, -0.25) is 4.79 Å². The molecular formula is C7H9ClO2. The summed E-state index contributed by atoms with van der Waals surface area (Å²) in [6, 6.07) is 0. The van der Waals surface area contributed by atoms with Crippen LogP contribution >= 0.6 is 11.6 Å². The van der Waals surface area contributed by atoms with Crippen LogP contribution in [0.15, 0.2) is 0 Å². The summed E-state index contributed by atoms with van der Waals surface area (Å²) in [5, 5.41) is -0.216. The lowest BCUT2D eigenvalue weighted by Crippen LogP contribution is -2.21. The zero-order valence-corrected chi connectivity index (χ0v) is 6.30. The van der Waals surface area contributed by atoms with Crippen molar-refractivity contribution in [2.24, 2.45) is 5.92 Å². The average Bonchev–Trinajstić information content (AvgIpc) is 2.44. The van der Waals surface area contributed by atoms with Crippen molar-refractivity contribution in [1.82, 2.24) is 0 Å². The van der Waals surface area contributed by atoms with Crippen LogP contribution in [-0.2, 0) is 9.53 Å². The lowest BCUT2D eigenvalue weighted by Gasteiger charge is -2.12. The molecule has 0 saturated carbocycles. The first-order valence-electron chi connectivity index (χ1n) is 3.62. The first kappa shape index (κ1) is 6.62. The maximum atomic E-state index is 10.7. The number of carbonyl (C=O) groups is 1. The summed E-state index contributed by atoms with van der Waals surface area (Å²) in [5.74, 6) is 0.000386. The molecule has 0 aromatic heterocycles. The number of ether oxygens (including phenoxy) is 1. The molecule has 2 aliphatic rings. The molecule has 10 heavy (non-hydrogen) atoms. The molecule has 0 aliphatic carbocycles. The number of fused-ring (bicyclic) bond motifs is 2. The van der Waals surface area contributed by atoms with Gasteiger partial charge in [-0.1, -0.05) is 0 Å². The molecule has 2 bridgehead atoms. The Morgan fingerprint density at radius 1 is 1.50 bits per heavy atom. The Hall–Kier alpha value is -0.0800. The third-order valence-corrected chi connectivity index (χ3v) is 2.68. The zero-order chi connectivity index (χ0) is 7.14. The van der Waals surface area contributed by atoms with Gasteiger partial charge in [-0.15, -0.1) is 0 Å². The number of halogens is 1. The number of rotatable bonds is 1. The van der Waals surface area contributed by atoms with Gasteiger partial charge >= 0.3 is 0 Å². The molecular weight excluding hydrogens is 152 g/mol. The standard InChI is InChI=1S/C7H9ClO2/c8-7(9)5-3-4-1-2-6(5)10-4/h4-6H,1-3H2/t4-,5-,6+/m0/s1. The largest absolute Gasteiger partial charge is 0.374 e. The van der Waals surface area contributed by atoms with Gasteiger partial charge in [0.25, 0.3) is 0 Å². The van der Waals surface area contributed by atoms with E-state index < -0.39 is 0 Å². The van der Waals surface area contributed by atoms with Gasteiger partial charge in [0.2, 0.25) is 5.24 Å². The van der Waals surface area contributed by atoms with Crippen LogP contribution in [0.2, 0.25) is 0 Å². The van der Waals surface area contributed by atoms with Gasteiger partial charge in [-0.2, -0.15) is 0 Å². The summed E-state index contributed by atoms with van der Waals surface area (Å²) in [6.07, 6.45) is 3.47. The molecule has 0 radical (unpaired) electrons. The first-order valence-corrected chi connectivity index (χ1v) is 4.00. The Morgan fingerprint density at radius 2 is 2.30 bits per heavy atom. The second-order valence-electron chi connectivity index (χ2n) is 3.02. The van der Waals surface area contributed by atoms with Gasteiger partial charge in [0.15, 0.2) is 0 Å². The van der Waals surface area contributed by atoms with Crippen molar-refractivity contribution in [3.63, 3.8) is 0 Å². The van der Waals surface area contributed by atoms with E-state index in [0.29, 0.717) is 6.10 Å². The summed E-state index contributed by atoms with van der Waals surface area (Å²) in [4.78, 5) is 10.7. The molecule has 3 atom stereocenters. The van der Waals surface area contributed by atoms with Gasteiger partial charge in [0.1, 0.15) is 0 Å². The number of carbonyl (C=O) groups excluding carboxylic acids is 1. The van der Waals surface area contributed by atoms with Crippen molar-refractivity contribution in [2.45, 2.75) is 31.5 Å². The second-order valence-corrected chi connectivity index (χ2v) is 3.39. The summed E-state index contributed by atoms with van der Waals surface area (Å²) >= 11 is 5.36. The van der Waals surface area contributed by atoms with E-state index >= 15 is 0 Å². The summed E-state index contributed by atoms with van der Waals surface area (Å²) in [7, 11) is 0. The Morgan fingerprint density at radius 3 is 2.60 bits per heavy atom. The SMILES string of the molecule is O=C(Cl)[C@H]1C[C@@H]2CC[C@H]1O2. The first-order chi connectivity index (χ1) is 4.77. The zero-order valence-electron chi connectivity index (χ0n) is 5.55. The minimum Gasteiger partial charge on any atom is -0.374 e. The second kappa shape index (κ2) is 2.21. The fourth-order valence-electron chi connectivity index (χ4n) is 1.88. The molecule has 0 N–H and O–H groups in total. The highest BCUT2D eigenvalue weighted by Crippen LogP contribution is 2.39. The topological polar surface area (TPSA) is 26.3 Å². The van der Waals surface area contributed by atoms with E-state index in [4.69, 9.17) is 16.3 Å². The molecule has 2 fully saturated rings. The Balaban J connectivity index is 2.08. The van der Waals surface area contributed by atoms with E-state index in [0.717, 1.165) is 19.3 Å². The predicted molar refractivity (Wildman–Crippen MR) is 36.9 cm³/mol. The van der Waals surface area contributed by atoms with E-state index in [2.05, 4.69) is 0 Å². The van der Waals surface area contributed by atoms with Gasteiger partial charge in [-0.05, 0) is 30.9 Å². The molecule has 2 rings (SSSR count). The molecule has 2 nitrogen and oxygen atoms in total. The minimum atomic E-state index is -0.216. The van der Waals surface area contributed by atoms with Gasteiger partial charge in [-0.25, -0.2) is 0 Å². The number of hydrogen-bond donors (Lipinski definition) is 0. The lowest BCUT2D eigenvalue weighted by atomic mass is 9.90. The van der Waals surface area contributed by atoms with Crippen molar-refractivity contribution in [1.29, 1.82) is 0 Å². The highest BCUT2D eigenvalue weighted by atomic mass is 35.5. The van der Waals surface area contributed by atoms with Crippen LogP contribution in [0.3, 0.4) is 0 Å². The normalized spacial score (nSPS) is 44.3. The van der Waals surface area contributed by atoms with Crippen LogP contribution in [0.1, 0.15) is 19.3 Å². The van der Waals surface area contributed by atoms with Crippen molar-refractivity contribution >= 4 is 16.8 Å². The van der Waals surface area contributed by atoms with E-state index in [1.54, 1.807) is 0 Å². The summed E-state index contributed by atoms with van der Waals surface area (Å²) < 4.78 is 5.44. The molecule has 0 unspecified atom stereocenters. The molecule has 2 saturated heterocycles. The molecule has 0 amide bonds. The maximum absolute atomic E-state index is 10.7. The van der Waals surface area contributed by atoms with Crippen molar-refractivity contribution < 1.29 is 9.53 Å². The summed E-state index contributed by atoms with van der Waals surface area (Å²) in [6.45, 7) is 0. The van der Waals surface area contributed by atoms with Crippen molar-refractivity contribution in [3.8, 4) is 0 Å². The van der Waals surface area contributed by atoms with E-state index in [-0.39, 0.29) is 17.3 Å². The molecule has 2 heterocycles. The monoisotopic (exact) mass is 160 g/mol. The van der Waals surface area contributed by atoms with Crippen LogP contribution in [0.4, 0.5) is 0 Å². The summed E-state index contributed by atoms with van der Waals surface area (Å²) in [5.41, 5.74) is 0. The van der Waals surface area contributed by atoms with Crippen LogP contribution in [0.5, 0.6) is 0 Å². The molecule has 0 aromatic carbocycles. The fraction of sp³-hybridized carbons (Fsp3) is 0.857. The van der Waals surface area contributed by atoms with Crippen LogP contribution in [-0.4, -0.2) is 17.5 Å². The third kappa shape index (κ3) is 0.867. The van der Waals surface area contributed by atoms with Gasteiger partial charge in [0, 0.05) is 0 Å². The minimum absolute atomic E-state index is 0.000386. The van der Waals surface area contributed by atoms with Crippen molar-refractivity contribution in [2.75, 3.05) is 0 Å². The van der Waals surface area contributed by atoms with Crippen molar-refractivity contribution in [3.05, 3.63) is 0 Å². The highest BCUT2D eigenvalue weighted by molar-refractivity contribution is 6.64. The van der Waals surface area contributed by atoms with Crippen LogP contribution in [0, 0.1) is 5.92 Å². The van der Waals surface area contributed by atoms with Gasteiger partial charge in [0.05, 0.1) is 18.1 Å². The smallest absolute Gasteiger partial charge is 0.227 e. The molecule has 0 spiro atoms. The fourth-order valence-corrected chi connectivity index (χ4v) is 2.11. The van der Waals surface area contributed by atoms with E-state index in [1.165, 1.54) is 0 Å². The van der Waals surface area contributed by atoms with Crippen LogP contribution in [0.25, 0.3) is 0 Å². The molecule has 0 aromatic rings. The Bertz CT molecular complexity index is 169. The molecule has 3 heteroatoms. The molecule has 2 aliphatic heterocycles.